The molecule has 0 saturated heterocycles. The number of nitrogens with zero attached hydrogens (tertiary/aromatic N) is 1. The first kappa shape index (κ1) is 17.2. The van der Waals surface area contributed by atoms with E-state index in [1.807, 2.05) is 0 Å². The van der Waals surface area contributed by atoms with Crippen LogP contribution in [-0.4, -0.2) is 37.4 Å². The van der Waals surface area contributed by atoms with Crippen molar-refractivity contribution < 1.29 is 26.7 Å². The summed E-state index contributed by atoms with van der Waals surface area (Å²) in [5, 5.41) is 2.74. The van der Waals surface area contributed by atoms with Crippen LogP contribution in [0.4, 0.5) is 27.6 Å². The molecule has 8 heteroatoms. The number of carbonyl (C=O) groups excluding carboxylic acids is 1. The van der Waals surface area contributed by atoms with Gasteiger partial charge in [0.1, 0.15) is 0 Å². The van der Waals surface area contributed by atoms with Crippen molar-refractivity contribution in [2.45, 2.75) is 19.5 Å². The number of alkyl halides is 5. The van der Waals surface area contributed by atoms with Crippen LogP contribution in [0, 0.1) is 0 Å². The summed E-state index contributed by atoms with van der Waals surface area (Å²) in [7, 11) is 1.12. The first-order valence-corrected chi connectivity index (χ1v) is 6.15. The molecular formula is C13H15F5N2O. The monoisotopic (exact) mass is 310 g/mol. The van der Waals surface area contributed by atoms with Gasteiger partial charge in [-0.15, -0.1) is 0 Å². The van der Waals surface area contributed by atoms with E-state index in [9.17, 15) is 26.7 Å². The van der Waals surface area contributed by atoms with Gasteiger partial charge in [-0.2, -0.15) is 13.2 Å². The van der Waals surface area contributed by atoms with Crippen LogP contribution in [0.3, 0.4) is 0 Å². The van der Waals surface area contributed by atoms with Gasteiger partial charge in [0.15, 0.2) is 0 Å². The fourth-order valence-corrected chi connectivity index (χ4v) is 1.74. The number of nitrogens with one attached hydrogen (secondary N) is 1. The molecule has 0 aliphatic rings. The Hall–Kier alpha value is -1.86. The van der Waals surface area contributed by atoms with Gasteiger partial charge >= 0.3 is 6.18 Å². The molecule has 0 atom stereocenters. The Morgan fingerprint density at radius 3 is 2.43 bits per heavy atom. The summed E-state index contributed by atoms with van der Waals surface area (Å²) in [6.45, 7) is 1.24. The molecule has 0 aliphatic carbocycles. The maximum Gasteiger partial charge on any atom is 0.416 e. The number of amides is 1. The lowest BCUT2D eigenvalue weighted by atomic mass is 10.1. The molecule has 0 unspecified atom stereocenters. The second-order valence-electron chi connectivity index (χ2n) is 4.37. The molecule has 21 heavy (non-hydrogen) atoms. The summed E-state index contributed by atoms with van der Waals surface area (Å²) in [4.78, 5) is 12.7. The Morgan fingerprint density at radius 1 is 1.33 bits per heavy atom. The van der Waals surface area contributed by atoms with E-state index >= 15 is 0 Å². The Bertz CT molecular complexity index is 502. The molecule has 1 N–H and O–H groups in total. The van der Waals surface area contributed by atoms with Crippen LogP contribution >= 0.6 is 0 Å². The van der Waals surface area contributed by atoms with Gasteiger partial charge < -0.3 is 10.2 Å². The Kier molecular flexibility index (Phi) is 5.51. The van der Waals surface area contributed by atoms with Gasteiger partial charge in [0.25, 0.3) is 12.3 Å². The molecule has 0 bridgehead atoms. The maximum atomic E-state index is 12.7. The highest BCUT2D eigenvalue weighted by atomic mass is 19.4. The minimum Gasteiger partial charge on any atom is -0.385 e. The van der Waals surface area contributed by atoms with Crippen molar-refractivity contribution >= 4 is 11.6 Å². The normalized spacial score (nSPS) is 11.6. The quantitative estimate of drug-likeness (QED) is 0.845. The third kappa shape index (κ3) is 4.57. The van der Waals surface area contributed by atoms with Crippen LogP contribution in [-0.2, 0) is 6.18 Å². The first-order valence-electron chi connectivity index (χ1n) is 6.15. The van der Waals surface area contributed by atoms with Gasteiger partial charge in [-0.25, -0.2) is 8.78 Å². The number of carbonyl (C=O) groups is 1. The lowest BCUT2D eigenvalue weighted by Crippen LogP contribution is -2.32. The van der Waals surface area contributed by atoms with Gasteiger partial charge in [-0.3, -0.25) is 4.79 Å². The molecule has 3 nitrogen and oxygen atoms in total. The van der Waals surface area contributed by atoms with Gasteiger partial charge in [0.2, 0.25) is 0 Å². The first-order chi connectivity index (χ1) is 9.66. The predicted octanol–water partition coefficient (Wildman–Crippen LogP) is 3.47. The molecule has 0 fully saturated rings. The second kappa shape index (κ2) is 6.73. The average molecular weight is 310 g/mol. The molecule has 118 valence electrons. The Morgan fingerprint density at radius 2 is 1.95 bits per heavy atom. The van der Waals surface area contributed by atoms with E-state index < -0.39 is 30.6 Å². The second-order valence-corrected chi connectivity index (χ2v) is 4.37. The molecule has 0 aliphatic heterocycles. The van der Waals surface area contributed by atoms with Crippen LogP contribution in [0.5, 0.6) is 0 Å². The Labute approximate surface area is 118 Å². The summed E-state index contributed by atoms with van der Waals surface area (Å²) < 4.78 is 62.7. The van der Waals surface area contributed by atoms with Gasteiger partial charge in [-0.05, 0) is 25.1 Å². The third-order valence-corrected chi connectivity index (χ3v) is 2.70. The molecule has 0 aromatic heterocycles. The number of anilines is 1. The van der Waals surface area contributed by atoms with Gasteiger partial charge in [-0.1, -0.05) is 0 Å². The fraction of sp³-hybridized carbons (Fsp3) is 0.462. The summed E-state index contributed by atoms with van der Waals surface area (Å²) >= 11 is 0. The maximum absolute atomic E-state index is 12.7. The zero-order valence-electron chi connectivity index (χ0n) is 11.5. The SMILES string of the molecule is CCNc1ccc(C(F)(F)F)cc1C(=O)N(C)CC(F)F. The predicted molar refractivity (Wildman–Crippen MR) is 68.6 cm³/mol. The van der Waals surface area contributed by atoms with E-state index in [0.717, 1.165) is 19.2 Å². The number of hydrogen-bond acceptors (Lipinski definition) is 2. The lowest BCUT2D eigenvalue weighted by molar-refractivity contribution is -0.137. The number of rotatable bonds is 5. The zero-order valence-corrected chi connectivity index (χ0v) is 11.5. The van der Waals surface area contributed by atoms with E-state index in [2.05, 4.69) is 5.32 Å². The van der Waals surface area contributed by atoms with Crippen LogP contribution in [0.1, 0.15) is 22.8 Å². The van der Waals surface area contributed by atoms with Crippen molar-refractivity contribution in [1.82, 2.24) is 4.90 Å². The molecule has 1 amide bonds. The standard InChI is InChI=1S/C13H15F5N2O/c1-3-19-10-5-4-8(13(16,17)18)6-9(10)12(21)20(2)7-11(14)15/h4-6,11,19H,3,7H2,1-2H3. The minimum atomic E-state index is -4.61. The number of hydrogen-bond donors (Lipinski definition) is 1. The summed E-state index contributed by atoms with van der Waals surface area (Å²) in [5.41, 5.74) is -1.11. The highest BCUT2D eigenvalue weighted by Gasteiger charge is 2.32. The van der Waals surface area contributed by atoms with E-state index in [1.54, 1.807) is 6.92 Å². The molecule has 1 aromatic rings. The smallest absolute Gasteiger partial charge is 0.385 e. The average Bonchev–Trinajstić information content (AvgIpc) is 2.36. The van der Waals surface area contributed by atoms with Gasteiger partial charge in [0, 0.05) is 19.3 Å². The molecule has 1 aromatic carbocycles. The molecular weight excluding hydrogens is 295 g/mol. The lowest BCUT2D eigenvalue weighted by Gasteiger charge is -2.20. The molecule has 0 radical (unpaired) electrons. The molecule has 0 heterocycles. The van der Waals surface area contributed by atoms with E-state index in [4.69, 9.17) is 0 Å². The van der Waals surface area contributed by atoms with Crippen LogP contribution in [0.2, 0.25) is 0 Å². The van der Waals surface area contributed by atoms with E-state index in [1.165, 1.54) is 0 Å². The molecule has 1 rings (SSSR count). The van der Waals surface area contributed by atoms with Crippen LogP contribution in [0.25, 0.3) is 0 Å². The van der Waals surface area contributed by atoms with Crippen LogP contribution in [0.15, 0.2) is 18.2 Å². The molecule has 0 saturated carbocycles. The van der Waals surface area contributed by atoms with E-state index in [0.29, 0.717) is 17.5 Å². The van der Waals surface area contributed by atoms with Crippen molar-refractivity contribution in [1.29, 1.82) is 0 Å². The number of halogens is 5. The van der Waals surface area contributed by atoms with Crippen molar-refractivity contribution in [3.63, 3.8) is 0 Å². The summed E-state index contributed by atoms with van der Waals surface area (Å²) in [5.74, 6) is -0.891. The van der Waals surface area contributed by atoms with Crippen molar-refractivity contribution in [2.24, 2.45) is 0 Å². The largest absolute Gasteiger partial charge is 0.416 e. The highest BCUT2D eigenvalue weighted by molar-refractivity contribution is 5.99. The topological polar surface area (TPSA) is 32.3 Å². The number of benzene rings is 1. The zero-order chi connectivity index (χ0) is 16.2. The fourth-order valence-electron chi connectivity index (χ4n) is 1.74. The third-order valence-electron chi connectivity index (χ3n) is 2.70. The highest BCUT2D eigenvalue weighted by Crippen LogP contribution is 2.32. The van der Waals surface area contributed by atoms with Crippen molar-refractivity contribution in [2.75, 3.05) is 25.5 Å². The summed E-state index contributed by atoms with van der Waals surface area (Å²) in [6.07, 6.45) is -7.37. The van der Waals surface area contributed by atoms with Crippen LogP contribution < -0.4 is 5.32 Å². The molecule has 0 spiro atoms. The summed E-state index contributed by atoms with van der Waals surface area (Å²) in [6, 6.07) is 2.62. The minimum absolute atomic E-state index is 0.177. The Balaban J connectivity index is 3.19. The van der Waals surface area contributed by atoms with Gasteiger partial charge in [0.05, 0.1) is 17.7 Å². The van der Waals surface area contributed by atoms with Crippen molar-refractivity contribution in [3.05, 3.63) is 29.3 Å². The van der Waals surface area contributed by atoms with Crippen molar-refractivity contribution in [3.8, 4) is 0 Å². The van der Waals surface area contributed by atoms with E-state index in [-0.39, 0.29) is 11.3 Å².